The summed E-state index contributed by atoms with van der Waals surface area (Å²) in [6, 6.07) is 5.63. The van der Waals surface area contributed by atoms with Crippen LogP contribution >= 0.6 is 24.0 Å². The highest BCUT2D eigenvalue weighted by molar-refractivity contribution is 6.31. The molecule has 3 unspecified atom stereocenters. The van der Waals surface area contributed by atoms with Gasteiger partial charge in [0.15, 0.2) is 0 Å². The Bertz CT molecular complexity index is 1390. The second-order valence-corrected chi connectivity index (χ2v) is 11.3. The van der Waals surface area contributed by atoms with Gasteiger partial charge in [0.2, 0.25) is 11.8 Å². The van der Waals surface area contributed by atoms with Gasteiger partial charge in [-0.1, -0.05) is 25.4 Å². The van der Waals surface area contributed by atoms with Gasteiger partial charge < -0.3 is 14.8 Å². The molecule has 6 rings (SSSR count). The third-order valence-electron chi connectivity index (χ3n) is 7.97. The van der Waals surface area contributed by atoms with E-state index in [4.69, 9.17) is 21.1 Å². The molecule has 4 atom stereocenters. The fourth-order valence-corrected chi connectivity index (χ4v) is 6.10. The number of amides is 2. The van der Waals surface area contributed by atoms with Crippen molar-refractivity contribution in [1.29, 1.82) is 0 Å². The second kappa shape index (κ2) is 9.79. The second-order valence-electron chi connectivity index (χ2n) is 10.9. The van der Waals surface area contributed by atoms with Gasteiger partial charge in [-0.2, -0.15) is 5.10 Å². The normalized spacial score (nSPS) is 24.8. The van der Waals surface area contributed by atoms with E-state index < -0.39 is 0 Å². The number of fused-ring (bicyclic) bond motifs is 2. The highest BCUT2D eigenvalue weighted by Gasteiger charge is 2.72. The van der Waals surface area contributed by atoms with Gasteiger partial charge in [-0.3, -0.25) is 14.5 Å². The maximum atomic E-state index is 12.9. The van der Waals surface area contributed by atoms with Crippen molar-refractivity contribution in [3.8, 4) is 17.0 Å². The van der Waals surface area contributed by atoms with E-state index in [-0.39, 0.29) is 60.2 Å². The predicted molar refractivity (Wildman–Crippen MR) is 144 cm³/mol. The summed E-state index contributed by atoms with van der Waals surface area (Å²) >= 11 is 6.48. The molecule has 2 amide bonds. The average Bonchev–Trinajstić information content (AvgIpc) is 3.11. The van der Waals surface area contributed by atoms with E-state index in [1.165, 1.54) is 11.2 Å². The first-order valence-corrected chi connectivity index (χ1v) is 13.0. The molecule has 2 saturated heterocycles. The number of aromatic nitrogens is 3. The van der Waals surface area contributed by atoms with Gasteiger partial charge in [-0.25, -0.2) is 9.50 Å². The fourth-order valence-electron chi connectivity index (χ4n) is 5.83. The maximum Gasteiger partial charge on any atom is 0.233 e. The zero-order chi connectivity index (χ0) is 26.1. The zero-order valence-corrected chi connectivity index (χ0v) is 23.3. The molecule has 38 heavy (non-hydrogen) atoms. The number of hydrogen-bond donors (Lipinski definition) is 1. The molecule has 2 aliphatic heterocycles. The van der Waals surface area contributed by atoms with Crippen LogP contribution in [0.25, 0.3) is 16.8 Å². The van der Waals surface area contributed by atoms with Gasteiger partial charge in [-0.15, -0.1) is 12.4 Å². The number of ether oxygens (including phenoxy) is 2. The standard InChI is InChI=1S/C27H30ClN5O4.ClH/c1-14-7-17(28)9-18(24(14)37-15(2)20-10-29-5-6-36-20)23-19-8-16(12-33(19)31-13-30-23)11-32-25(34)21-22(26(32)35)27(21,3)4;/h7-9,12-13,15,20-22,29H,5-6,10-11H2,1-4H3;1H/t15?,20-,21?,22?;/m0./s1. The van der Waals surface area contributed by atoms with E-state index in [9.17, 15) is 9.59 Å². The number of aryl methyl sites for hydroxylation is 1. The quantitative estimate of drug-likeness (QED) is 0.460. The van der Waals surface area contributed by atoms with Crippen LogP contribution in [0.2, 0.25) is 5.02 Å². The Labute approximate surface area is 232 Å². The number of morpholine rings is 1. The number of halogens is 2. The van der Waals surface area contributed by atoms with Gasteiger partial charge in [0.1, 0.15) is 30.0 Å². The molecule has 9 nitrogen and oxygen atoms in total. The maximum absolute atomic E-state index is 12.9. The van der Waals surface area contributed by atoms with Crippen LogP contribution in [-0.2, 0) is 20.9 Å². The number of likely N-dealkylation sites (tertiary alicyclic amines) is 1. The first-order valence-electron chi connectivity index (χ1n) is 12.6. The predicted octanol–water partition coefficient (Wildman–Crippen LogP) is 3.68. The molecule has 1 aliphatic carbocycles. The van der Waals surface area contributed by atoms with Crippen molar-refractivity contribution in [2.45, 2.75) is 46.4 Å². The number of nitrogens with zero attached hydrogens (tertiary/aromatic N) is 4. The van der Waals surface area contributed by atoms with Crippen LogP contribution in [-0.4, -0.2) is 63.2 Å². The monoisotopic (exact) mass is 559 g/mol. The van der Waals surface area contributed by atoms with E-state index >= 15 is 0 Å². The number of carbonyl (C=O) groups is 2. The summed E-state index contributed by atoms with van der Waals surface area (Å²) in [5, 5.41) is 8.28. The Morgan fingerprint density at radius 1 is 1.24 bits per heavy atom. The Morgan fingerprint density at radius 3 is 2.66 bits per heavy atom. The Hall–Kier alpha value is -2.72. The molecule has 0 radical (unpaired) electrons. The first-order chi connectivity index (χ1) is 17.7. The first kappa shape index (κ1) is 26.9. The highest BCUT2D eigenvalue weighted by Crippen LogP contribution is 2.63. The summed E-state index contributed by atoms with van der Waals surface area (Å²) < 4.78 is 14.1. The summed E-state index contributed by atoms with van der Waals surface area (Å²) in [7, 11) is 0. The average molecular weight is 560 g/mol. The van der Waals surface area contributed by atoms with Crippen LogP contribution in [0.5, 0.6) is 5.75 Å². The molecule has 3 aromatic rings. The Kier molecular flexibility index (Phi) is 6.92. The molecular formula is C27H31Cl2N5O4. The molecule has 0 spiro atoms. The lowest BCUT2D eigenvalue weighted by Crippen LogP contribution is -2.46. The minimum Gasteiger partial charge on any atom is -0.487 e. The summed E-state index contributed by atoms with van der Waals surface area (Å²) in [6.07, 6.45) is 3.04. The third kappa shape index (κ3) is 4.35. The number of rotatable bonds is 6. The van der Waals surface area contributed by atoms with E-state index in [2.05, 4.69) is 15.4 Å². The summed E-state index contributed by atoms with van der Waals surface area (Å²) in [4.78, 5) is 31.7. The molecule has 3 fully saturated rings. The van der Waals surface area contributed by atoms with E-state index in [1.54, 1.807) is 4.52 Å². The van der Waals surface area contributed by atoms with Crippen LogP contribution in [0.3, 0.4) is 0 Å². The molecule has 0 bridgehead atoms. The highest BCUT2D eigenvalue weighted by atomic mass is 35.5. The Balaban J connectivity index is 0.00000294. The van der Waals surface area contributed by atoms with Gasteiger partial charge >= 0.3 is 0 Å². The number of imide groups is 1. The van der Waals surface area contributed by atoms with Crippen molar-refractivity contribution < 1.29 is 19.1 Å². The molecule has 3 aliphatic rings. The Morgan fingerprint density at radius 2 is 1.97 bits per heavy atom. The number of benzene rings is 1. The molecule has 2 aromatic heterocycles. The van der Waals surface area contributed by atoms with Crippen LogP contribution in [0.1, 0.15) is 31.9 Å². The van der Waals surface area contributed by atoms with Crippen LogP contribution in [0.15, 0.2) is 30.7 Å². The molecule has 4 heterocycles. The van der Waals surface area contributed by atoms with Gasteiger partial charge in [0, 0.05) is 29.9 Å². The van der Waals surface area contributed by atoms with E-state index in [0.717, 1.165) is 35.3 Å². The van der Waals surface area contributed by atoms with E-state index in [0.29, 0.717) is 23.1 Å². The lowest BCUT2D eigenvalue weighted by atomic mass is 10.0. The molecule has 1 N–H and O–H groups in total. The van der Waals surface area contributed by atoms with E-state index in [1.807, 2.05) is 52.1 Å². The summed E-state index contributed by atoms with van der Waals surface area (Å²) in [5.74, 6) is 0.104. The van der Waals surface area contributed by atoms with Crippen molar-refractivity contribution in [2.75, 3.05) is 19.7 Å². The molecule has 11 heteroatoms. The largest absolute Gasteiger partial charge is 0.487 e. The SMILES string of the molecule is Cc1cc(Cl)cc(-c2ncnn3cc(CN4C(=O)C5C(C4=O)C5(C)C)cc23)c1OC(C)[C@@H]1CNCCO1.Cl. The number of piperidine rings is 1. The van der Waals surface area contributed by atoms with Crippen molar-refractivity contribution in [2.24, 2.45) is 17.3 Å². The lowest BCUT2D eigenvalue weighted by molar-refractivity contribution is -0.143. The minimum absolute atomic E-state index is 0. The van der Waals surface area contributed by atoms with Crippen LogP contribution in [0.4, 0.5) is 0 Å². The fraction of sp³-hybridized carbons (Fsp3) is 0.481. The number of hydrogen-bond acceptors (Lipinski definition) is 7. The lowest BCUT2D eigenvalue weighted by Gasteiger charge is -2.30. The number of carbonyl (C=O) groups excluding carboxylic acids is 2. The van der Waals surface area contributed by atoms with Crippen LogP contribution in [0, 0.1) is 24.2 Å². The van der Waals surface area contributed by atoms with Gasteiger partial charge in [-0.05, 0) is 48.6 Å². The summed E-state index contributed by atoms with van der Waals surface area (Å²) in [5.41, 5.74) is 3.59. The third-order valence-corrected chi connectivity index (χ3v) is 8.19. The van der Waals surface area contributed by atoms with Gasteiger partial charge in [0.05, 0.1) is 30.5 Å². The summed E-state index contributed by atoms with van der Waals surface area (Å²) in [6.45, 7) is 10.3. The molecule has 1 aromatic carbocycles. The zero-order valence-electron chi connectivity index (χ0n) is 21.7. The molecule has 202 valence electrons. The minimum atomic E-state index is -0.231. The smallest absolute Gasteiger partial charge is 0.233 e. The van der Waals surface area contributed by atoms with Crippen molar-refractivity contribution in [3.05, 3.63) is 46.9 Å². The topological polar surface area (TPSA) is 98.1 Å². The van der Waals surface area contributed by atoms with Crippen molar-refractivity contribution in [1.82, 2.24) is 24.8 Å². The van der Waals surface area contributed by atoms with Crippen molar-refractivity contribution in [3.63, 3.8) is 0 Å². The van der Waals surface area contributed by atoms with Gasteiger partial charge in [0.25, 0.3) is 0 Å². The van der Waals surface area contributed by atoms with Crippen LogP contribution < -0.4 is 10.1 Å². The van der Waals surface area contributed by atoms with Crippen molar-refractivity contribution >= 4 is 41.3 Å². The molecular weight excluding hydrogens is 529 g/mol. The number of nitrogens with one attached hydrogen (secondary N) is 1. The molecule has 1 saturated carbocycles.